The van der Waals surface area contributed by atoms with Gasteiger partial charge in [-0.2, -0.15) is 0 Å². The zero-order chi connectivity index (χ0) is 14.7. The van der Waals surface area contributed by atoms with Gasteiger partial charge in [-0.1, -0.05) is 0 Å². The minimum absolute atomic E-state index is 0.0270. The number of ether oxygens (including phenoxy) is 2. The second-order valence-electron chi connectivity index (χ2n) is 4.04. The van der Waals surface area contributed by atoms with Crippen molar-refractivity contribution in [1.82, 2.24) is 4.98 Å². The first kappa shape index (κ1) is 13.6. The van der Waals surface area contributed by atoms with Gasteiger partial charge >= 0.3 is 5.69 Å². The minimum Gasteiger partial charge on any atom is -0.497 e. The van der Waals surface area contributed by atoms with E-state index < -0.39 is 4.92 Å². The molecule has 2 aromatic rings. The van der Waals surface area contributed by atoms with Gasteiger partial charge in [-0.25, -0.2) is 4.98 Å². The first-order valence-corrected chi connectivity index (χ1v) is 5.74. The number of benzene rings is 1. The molecule has 7 heteroatoms. The van der Waals surface area contributed by atoms with E-state index in [0.29, 0.717) is 11.4 Å². The molecule has 0 saturated heterocycles. The molecule has 2 N–H and O–H groups in total. The molecule has 2 rings (SSSR count). The zero-order valence-corrected chi connectivity index (χ0v) is 11.0. The molecule has 1 aromatic heterocycles. The van der Waals surface area contributed by atoms with Crippen LogP contribution >= 0.6 is 0 Å². The Balaban J connectivity index is 2.46. The largest absolute Gasteiger partial charge is 0.497 e. The van der Waals surface area contributed by atoms with Gasteiger partial charge in [-0.3, -0.25) is 10.1 Å². The summed E-state index contributed by atoms with van der Waals surface area (Å²) >= 11 is 0. The fourth-order valence-corrected chi connectivity index (χ4v) is 1.58. The van der Waals surface area contributed by atoms with Crippen LogP contribution in [0.1, 0.15) is 5.56 Å². The molecule has 7 nitrogen and oxygen atoms in total. The van der Waals surface area contributed by atoms with Crippen LogP contribution in [0.25, 0.3) is 0 Å². The van der Waals surface area contributed by atoms with E-state index in [2.05, 4.69) is 4.98 Å². The summed E-state index contributed by atoms with van der Waals surface area (Å²) in [7, 11) is 1.46. The lowest BCUT2D eigenvalue weighted by molar-refractivity contribution is -0.385. The van der Waals surface area contributed by atoms with E-state index in [-0.39, 0.29) is 17.3 Å². The maximum Gasteiger partial charge on any atom is 0.311 e. The summed E-state index contributed by atoms with van der Waals surface area (Å²) in [4.78, 5) is 14.4. The van der Waals surface area contributed by atoms with Crippen molar-refractivity contribution in [3.8, 4) is 17.4 Å². The summed E-state index contributed by atoms with van der Waals surface area (Å²) in [5, 5.41) is 11.0. The minimum atomic E-state index is -0.541. The Morgan fingerprint density at radius 1 is 1.35 bits per heavy atom. The summed E-state index contributed by atoms with van der Waals surface area (Å²) in [6, 6.07) is 5.93. The van der Waals surface area contributed by atoms with E-state index in [4.69, 9.17) is 15.2 Å². The average Bonchev–Trinajstić information content (AvgIpc) is 2.43. The van der Waals surface area contributed by atoms with Crippen LogP contribution in [0.4, 0.5) is 11.4 Å². The molecule has 20 heavy (non-hydrogen) atoms. The number of methoxy groups -OCH3 is 1. The Morgan fingerprint density at radius 2 is 2.10 bits per heavy atom. The molecule has 0 unspecified atom stereocenters. The van der Waals surface area contributed by atoms with Crippen LogP contribution in [-0.2, 0) is 0 Å². The summed E-state index contributed by atoms with van der Waals surface area (Å²) in [5.74, 6) is 0.595. The van der Waals surface area contributed by atoms with Crippen LogP contribution in [0.15, 0.2) is 30.5 Å². The molecular weight excluding hydrogens is 262 g/mol. The number of hydrogen-bond acceptors (Lipinski definition) is 6. The predicted molar refractivity (Wildman–Crippen MR) is 73.1 cm³/mol. The molecule has 0 fully saturated rings. The second kappa shape index (κ2) is 5.43. The Morgan fingerprint density at radius 3 is 2.75 bits per heavy atom. The number of nitro groups is 1. The highest BCUT2D eigenvalue weighted by Gasteiger charge is 2.18. The van der Waals surface area contributed by atoms with Crippen molar-refractivity contribution in [2.45, 2.75) is 6.92 Å². The third kappa shape index (κ3) is 2.61. The fraction of sp³-hybridized carbons (Fsp3) is 0.154. The maximum atomic E-state index is 11.0. The molecule has 0 saturated carbocycles. The molecule has 0 radical (unpaired) electrons. The third-order valence-electron chi connectivity index (χ3n) is 2.74. The van der Waals surface area contributed by atoms with Gasteiger partial charge in [0.2, 0.25) is 11.6 Å². The maximum absolute atomic E-state index is 11.0. The first-order valence-electron chi connectivity index (χ1n) is 5.74. The van der Waals surface area contributed by atoms with Crippen LogP contribution in [0.2, 0.25) is 0 Å². The molecule has 0 amide bonds. The van der Waals surface area contributed by atoms with Gasteiger partial charge in [0.25, 0.3) is 0 Å². The molecule has 0 bridgehead atoms. The first-order chi connectivity index (χ1) is 9.52. The summed E-state index contributed by atoms with van der Waals surface area (Å²) in [6.07, 6.45) is 1.52. The number of anilines is 1. The fourth-order valence-electron chi connectivity index (χ4n) is 1.58. The molecule has 1 heterocycles. The average molecular weight is 275 g/mol. The van der Waals surface area contributed by atoms with E-state index in [1.54, 1.807) is 13.0 Å². The Bertz CT molecular complexity index is 658. The van der Waals surface area contributed by atoms with E-state index >= 15 is 0 Å². The molecule has 104 valence electrons. The van der Waals surface area contributed by atoms with Crippen LogP contribution in [0.5, 0.6) is 17.4 Å². The molecular formula is C13H13N3O4. The predicted octanol–water partition coefficient (Wildman–Crippen LogP) is 2.68. The van der Waals surface area contributed by atoms with Crippen LogP contribution in [0.3, 0.4) is 0 Å². The van der Waals surface area contributed by atoms with Crippen molar-refractivity contribution in [2.24, 2.45) is 0 Å². The highest BCUT2D eigenvalue weighted by Crippen LogP contribution is 2.36. The quantitative estimate of drug-likeness (QED) is 0.680. The van der Waals surface area contributed by atoms with E-state index in [9.17, 15) is 10.1 Å². The van der Waals surface area contributed by atoms with Crippen LogP contribution in [0, 0.1) is 17.0 Å². The Hall–Kier alpha value is -2.83. The van der Waals surface area contributed by atoms with Gasteiger partial charge in [-0.15, -0.1) is 0 Å². The van der Waals surface area contributed by atoms with E-state index in [1.807, 2.05) is 0 Å². The van der Waals surface area contributed by atoms with Gasteiger partial charge in [0.1, 0.15) is 5.75 Å². The summed E-state index contributed by atoms with van der Waals surface area (Å²) < 4.78 is 10.5. The number of hydrogen-bond donors (Lipinski definition) is 1. The lowest BCUT2D eigenvalue weighted by Crippen LogP contribution is -1.99. The monoisotopic (exact) mass is 275 g/mol. The topological polar surface area (TPSA) is 101 Å². The Kier molecular flexibility index (Phi) is 3.69. The van der Waals surface area contributed by atoms with Gasteiger partial charge in [-0.05, 0) is 24.6 Å². The normalized spacial score (nSPS) is 10.1. The second-order valence-corrected chi connectivity index (χ2v) is 4.04. The number of aryl methyl sites for hydroxylation is 1. The third-order valence-corrected chi connectivity index (χ3v) is 2.74. The number of nitro benzene ring substituents is 1. The highest BCUT2D eigenvalue weighted by molar-refractivity contribution is 5.58. The van der Waals surface area contributed by atoms with Gasteiger partial charge in [0.05, 0.1) is 17.7 Å². The van der Waals surface area contributed by atoms with Crippen molar-refractivity contribution in [3.05, 3.63) is 46.1 Å². The van der Waals surface area contributed by atoms with Gasteiger partial charge in [0.15, 0.2) is 0 Å². The molecule has 0 aliphatic rings. The number of nitrogens with zero attached hydrogens (tertiary/aromatic N) is 2. The number of pyridine rings is 1. The Labute approximate surface area is 115 Å². The molecule has 0 spiro atoms. The zero-order valence-electron chi connectivity index (χ0n) is 11.0. The number of rotatable bonds is 4. The van der Waals surface area contributed by atoms with E-state index in [1.165, 1.54) is 31.5 Å². The lowest BCUT2D eigenvalue weighted by atomic mass is 10.2. The van der Waals surface area contributed by atoms with Crippen molar-refractivity contribution < 1.29 is 14.4 Å². The van der Waals surface area contributed by atoms with Crippen molar-refractivity contribution in [2.75, 3.05) is 12.8 Å². The highest BCUT2D eigenvalue weighted by atomic mass is 16.6. The number of nitrogen functional groups attached to an aromatic ring is 1. The van der Waals surface area contributed by atoms with Crippen molar-refractivity contribution in [3.63, 3.8) is 0 Å². The molecule has 0 aliphatic carbocycles. The van der Waals surface area contributed by atoms with E-state index in [0.717, 1.165) is 5.56 Å². The number of nitrogens with two attached hydrogens (primary N) is 1. The van der Waals surface area contributed by atoms with Crippen LogP contribution < -0.4 is 15.2 Å². The molecule has 1 aromatic carbocycles. The SMILES string of the molecule is COc1ccc([N+](=O)[O-])c(Oc2nccc(C)c2N)c1. The van der Waals surface area contributed by atoms with Crippen LogP contribution in [-0.4, -0.2) is 17.0 Å². The van der Waals surface area contributed by atoms with Gasteiger partial charge < -0.3 is 15.2 Å². The lowest BCUT2D eigenvalue weighted by Gasteiger charge is -2.10. The van der Waals surface area contributed by atoms with Crippen molar-refractivity contribution in [1.29, 1.82) is 0 Å². The van der Waals surface area contributed by atoms with Crippen molar-refractivity contribution >= 4 is 11.4 Å². The number of aromatic nitrogens is 1. The smallest absolute Gasteiger partial charge is 0.311 e. The standard InChI is InChI=1S/C13H13N3O4/c1-8-5-6-15-13(12(8)14)20-11-7-9(19-2)3-4-10(11)16(17)18/h3-7H,14H2,1-2H3. The molecule has 0 atom stereocenters. The van der Waals surface area contributed by atoms with Gasteiger partial charge in [0, 0.05) is 18.3 Å². The summed E-state index contributed by atoms with van der Waals surface area (Å²) in [5.41, 5.74) is 6.77. The molecule has 0 aliphatic heterocycles. The summed E-state index contributed by atoms with van der Waals surface area (Å²) in [6.45, 7) is 1.80.